The largest absolute Gasteiger partial charge is 0.480 e. The van der Waals surface area contributed by atoms with E-state index in [0.29, 0.717) is 0 Å². The number of nitrogens with one attached hydrogen (secondary N) is 2. The monoisotopic (exact) mass is 278 g/mol. The highest BCUT2D eigenvalue weighted by Crippen LogP contribution is 2.14. The second-order valence-corrected chi connectivity index (χ2v) is 5.87. The van der Waals surface area contributed by atoms with Crippen LogP contribution in [0.15, 0.2) is 21.7 Å². The Morgan fingerprint density at radius 2 is 2.06 bits per heavy atom. The summed E-state index contributed by atoms with van der Waals surface area (Å²) in [5, 5.41) is 11.9. The van der Waals surface area contributed by atoms with Gasteiger partial charge in [-0.05, 0) is 11.4 Å². The van der Waals surface area contributed by atoms with Gasteiger partial charge in [-0.3, -0.25) is 9.59 Å². The molecule has 1 rings (SSSR count). The molecule has 0 saturated heterocycles. The number of carbonyl (C=O) groups excluding carboxylic acids is 1. The van der Waals surface area contributed by atoms with Crippen molar-refractivity contribution in [1.29, 1.82) is 0 Å². The SMILES string of the molecule is O=C(O)CNC(=O)CNS(=O)(=O)c1cccs1. The standard InChI is InChI=1S/C8H10N2O5S2/c11-6(9-5-7(12)13)4-10-17(14,15)8-2-1-3-16-8/h1-3,10H,4-5H2,(H,9,11)(H,12,13). The predicted molar refractivity (Wildman–Crippen MR) is 60.2 cm³/mol. The van der Waals surface area contributed by atoms with Crippen molar-refractivity contribution in [3.05, 3.63) is 17.5 Å². The lowest BCUT2D eigenvalue weighted by atomic mass is 10.5. The van der Waals surface area contributed by atoms with Crippen molar-refractivity contribution in [3.8, 4) is 0 Å². The van der Waals surface area contributed by atoms with Gasteiger partial charge in [0.1, 0.15) is 10.8 Å². The summed E-state index contributed by atoms with van der Waals surface area (Å²) in [5.41, 5.74) is 0. The van der Waals surface area contributed by atoms with Crippen molar-refractivity contribution in [3.63, 3.8) is 0 Å². The Morgan fingerprint density at radius 3 is 2.59 bits per heavy atom. The average molecular weight is 278 g/mol. The van der Waals surface area contributed by atoms with Crippen LogP contribution >= 0.6 is 11.3 Å². The van der Waals surface area contributed by atoms with Gasteiger partial charge < -0.3 is 10.4 Å². The third-order valence-corrected chi connectivity index (χ3v) is 4.42. The summed E-state index contributed by atoms with van der Waals surface area (Å²) in [4.78, 5) is 21.2. The fraction of sp³-hybridized carbons (Fsp3) is 0.250. The zero-order valence-corrected chi connectivity index (χ0v) is 10.2. The fourth-order valence-corrected chi connectivity index (χ4v) is 2.90. The Balaban J connectivity index is 2.46. The van der Waals surface area contributed by atoms with Gasteiger partial charge in [0.15, 0.2) is 0 Å². The lowest BCUT2D eigenvalue weighted by Gasteiger charge is -2.04. The molecule has 1 amide bonds. The van der Waals surface area contributed by atoms with Gasteiger partial charge in [0, 0.05) is 0 Å². The maximum atomic E-state index is 11.5. The predicted octanol–water partition coefficient (Wildman–Crippen LogP) is -0.773. The Kier molecular flexibility index (Phi) is 4.61. The molecule has 0 unspecified atom stereocenters. The number of carbonyl (C=O) groups is 2. The van der Waals surface area contributed by atoms with Crippen LogP contribution in [0, 0.1) is 0 Å². The summed E-state index contributed by atoms with van der Waals surface area (Å²) in [6.07, 6.45) is 0. The van der Waals surface area contributed by atoms with E-state index in [1.807, 2.05) is 5.32 Å². The number of rotatable bonds is 6. The molecule has 0 aliphatic carbocycles. The van der Waals surface area contributed by atoms with Gasteiger partial charge in [-0.15, -0.1) is 11.3 Å². The lowest BCUT2D eigenvalue weighted by Crippen LogP contribution is -2.38. The van der Waals surface area contributed by atoms with Crippen LogP contribution in [0.1, 0.15) is 0 Å². The molecule has 0 atom stereocenters. The molecule has 17 heavy (non-hydrogen) atoms. The average Bonchev–Trinajstić information content (AvgIpc) is 2.77. The maximum absolute atomic E-state index is 11.5. The van der Waals surface area contributed by atoms with E-state index in [-0.39, 0.29) is 4.21 Å². The molecule has 0 saturated carbocycles. The molecule has 0 fully saturated rings. The molecule has 1 aromatic rings. The number of carboxylic acid groups (broad SMARTS) is 1. The minimum absolute atomic E-state index is 0.100. The zero-order chi connectivity index (χ0) is 12.9. The third-order valence-electron chi connectivity index (χ3n) is 1.62. The first-order chi connectivity index (χ1) is 7.92. The van der Waals surface area contributed by atoms with Gasteiger partial charge in [0.25, 0.3) is 10.0 Å². The molecule has 0 radical (unpaired) electrons. The number of amides is 1. The summed E-state index contributed by atoms with van der Waals surface area (Å²) in [6, 6.07) is 2.98. The van der Waals surface area contributed by atoms with Crippen LogP contribution in [0.3, 0.4) is 0 Å². The molecule has 7 nitrogen and oxygen atoms in total. The van der Waals surface area contributed by atoms with E-state index in [1.54, 1.807) is 11.4 Å². The number of hydrogen-bond donors (Lipinski definition) is 3. The van der Waals surface area contributed by atoms with Crippen molar-refractivity contribution >= 4 is 33.2 Å². The summed E-state index contributed by atoms with van der Waals surface area (Å²) < 4.78 is 25.2. The van der Waals surface area contributed by atoms with Crippen molar-refractivity contribution in [1.82, 2.24) is 10.0 Å². The smallest absolute Gasteiger partial charge is 0.322 e. The number of thiophene rings is 1. The second kappa shape index (κ2) is 5.75. The highest BCUT2D eigenvalue weighted by molar-refractivity contribution is 7.91. The van der Waals surface area contributed by atoms with Crippen LogP contribution in [0.4, 0.5) is 0 Å². The van der Waals surface area contributed by atoms with Gasteiger partial charge in [-0.1, -0.05) is 6.07 Å². The lowest BCUT2D eigenvalue weighted by molar-refractivity contribution is -0.137. The number of carboxylic acids is 1. The van der Waals surface area contributed by atoms with Crippen molar-refractivity contribution in [2.45, 2.75) is 4.21 Å². The van der Waals surface area contributed by atoms with Crippen LogP contribution in [-0.4, -0.2) is 38.5 Å². The zero-order valence-electron chi connectivity index (χ0n) is 8.54. The minimum atomic E-state index is -3.69. The van der Waals surface area contributed by atoms with Crippen LogP contribution in [-0.2, 0) is 19.6 Å². The van der Waals surface area contributed by atoms with Crippen molar-refractivity contribution in [2.75, 3.05) is 13.1 Å². The van der Waals surface area contributed by atoms with E-state index in [1.165, 1.54) is 6.07 Å². The van der Waals surface area contributed by atoms with Gasteiger partial charge >= 0.3 is 5.97 Å². The molecule has 3 N–H and O–H groups in total. The number of aliphatic carboxylic acids is 1. The van der Waals surface area contributed by atoms with Gasteiger partial charge in [0.05, 0.1) is 6.54 Å². The van der Waals surface area contributed by atoms with E-state index in [2.05, 4.69) is 4.72 Å². The Labute approximate surface area is 102 Å². The summed E-state index contributed by atoms with van der Waals surface area (Å²) in [7, 11) is -3.69. The van der Waals surface area contributed by atoms with Crippen LogP contribution < -0.4 is 10.0 Å². The molecule has 0 bridgehead atoms. The fourth-order valence-electron chi connectivity index (χ4n) is 0.885. The van der Waals surface area contributed by atoms with E-state index in [4.69, 9.17) is 5.11 Å². The molecule has 1 heterocycles. The van der Waals surface area contributed by atoms with Gasteiger partial charge in [-0.2, -0.15) is 0 Å². The van der Waals surface area contributed by atoms with Gasteiger partial charge in [0.2, 0.25) is 5.91 Å². The van der Waals surface area contributed by atoms with Gasteiger partial charge in [-0.25, -0.2) is 13.1 Å². The molecular weight excluding hydrogens is 268 g/mol. The summed E-state index contributed by atoms with van der Waals surface area (Å²) in [5.74, 6) is -1.90. The molecule has 94 valence electrons. The first-order valence-corrected chi connectivity index (χ1v) is 6.80. The maximum Gasteiger partial charge on any atom is 0.322 e. The van der Waals surface area contributed by atoms with E-state index < -0.39 is 35.0 Å². The number of sulfonamides is 1. The Bertz CT molecular complexity index is 494. The van der Waals surface area contributed by atoms with Crippen LogP contribution in [0.25, 0.3) is 0 Å². The first-order valence-electron chi connectivity index (χ1n) is 4.43. The molecule has 0 spiro atoms. The Hall–Kier alpha value is -1.45. The van der Waals surface area contributed by atoms with Crippen molar-refractivity contribution in [2.24, 2.45) is 0 Å². The second-order valence-electron chi connectivity index (χ2n) is 2.93. The van der Waals surface area contributed by atoms with E-state index >= 15 is 0 Å². The highest BCUT2D eigenvalue weighted by atomic mass is 32.2. The summed E-state index contributed by atoms with van der Waals surface area (Å²) in [6.45, 7) is -1.03. The molecule has 0 aliphatic rings. The molecule has 0 aromatic carbocycles. The van der Waals surface area contributed by atoms with Crippen molar-refractivity contribution < 1.29 is 23.1 Å². The van der Waals surface area contributed by atoms with Crippen LogP contribution in [0.2, 0.25) is 0 Å². The third kappa shape index (κ3) is 4.51. The normalized spacial score (nSPS) is 11.1. The quantitative estimate of drug-likeness (QED) is 0.632. The summed E-state index contributed by atoms with van der Waals surface area (Å²) >= 11 is 1.02. The molecule has 1 aromatic heterocycles. The topological polar surface area (TPSA) is 113 Å². The Morgan fingerprint density at radius 1 is 1.35 bits per heavy atom. The van der Waals surface area contributed by atoms with E-state index in [9.17, 15) is 18.0 Å². The molecular formula is C8H10N2O5S2. The minimum Gasteiger partial charge on any atom is -0.480 e. The first kappa shape index (κ1) is 13.6. The molecule has 0 aliphatic heterocycles. The van der Waals surface area contributed by atoms with Crippen LogP contribution in [0.5, 0.6) is 0 Å². The molecule has 9 heteroatoms. The number of hydrogen-bond acceptors (Lipinski definition) is 5. The highest BCUT2D eigenvalue weighted by Gasteiger charge is 2.16. The van der Waals surface area contributed by atoms with E-state index in [0.717, 1.165) is 11.3 Å².